The molecule has 0 bridgehead atoms. The van der Waals surface area contributed by atoms with Crippen LogP contribution in [-0.4, -0.2) is 25.7 Å². The van der Waals surface area contributed by atoms with E-state index in [-0.39, 0.29) is 24.0 Å². The van der Waals surface area contributed by atoms with Crippen LogP contribution in [0.25, 0.3) is 17.2 Å². The summed E-state index contributed by atoms with van der Waals surface area (Å²) in [5, 5.41) is 6.50. The van der Waals surface area contributed by atoms with E-state index in [9.17, 15) is 22.4 Å². The molecular formula is C32H25F6N5O. The molecule has 1 amide bonds. The van der Waals surface area contributed by atoms with Crippen LogP contribution in [0.2, 0.25) is 0 Å². The Bertz CT molecular complexity index is 1800. The predicted octanol–water partition coefficient (Wildman–Crippen LogP) is 6.82. The topological polar surface area (TPSA) is 72.7 Å². The van der Waals surface area contributed by atoms with Crippen molar-refractivity contribution in [1.29, 1.82) is 0 Å². The van der Waals surface area contributed by atoms with Crippen LogP contribution in [0.3, 0.4) is 0 Å². The monoisotopic (exact) mass is 609 g/mol. The van der Waals surface area contributed by atoms with Gasteiger partial charge in [0, 0.05) is 47.3 Å². The third-order valence-corrected chi connectivity index (χ3v) is 8.55. The Balaban J connectivity index is 1.26. The first kappa shape index (κ1) is 28.3. The van der Waals surface area contributed by atoms with Gasteiger partial charge in [-0.25, -0.2) is 17.6 Å². The summed E-state index contributed by atoms with van der Waals surface area (Å²) in [5.41, 5.74) is 2.30. The van der Waals surface area contributed by atoms with Crippen LogP contribution in [-0.2, 0) is 30.1 Å². The highest BCUT2D eigenvalue weighted by atomic mass is 19.3. The molecule has 3 heterocycles. The Labute approximate surface area is 247 Å². The molecule has 7 rings (SSSR count). The van der Waals surface area contributed by atoms with Gasteiger partial charge in [-0.1, -0.05) is 18.2 Å². The summed E-state index contributed by atoms with van der Waals surface area (Å²) >= 11 is 0. The molecule has 3 aliphatic carbocycles. The molecule has 4 aromatic rings. The predicted molar refractivity (Wildman–Crippen MR) is 148 cm³/mol. The maximum atomic E-state index is 15.1. The second-order valence-electron chi connectivity index (χ2n) is 11.4. The zero-order valence-electron chi connectivity index (χ0n) is 23.1. The Morgan fingerprint density at radius 3 is 2.66 bits per heavy atom. The Morgan fingerprint density at radius 1 is 1.09 bits per heavy atom. The first-order chi connectivity index (χ1) is 21.1. The van der Waals surface area contributed by atoms with Crippen LogP contribution in [0, 0.1) is 17.6 Å². The van der Waals surface area contributed by atoms with Crippen molar-refractivity contribution in [3.63, 3.8) is 0 Å². The van der Waals surface area contributed by atoms with Crippen LogP contribution < -0.4 is 5.32 Å². The van der Waals surface area contributed by atoms with E-state index in [2.05, 4.69) is 20.4 Å². The molecule has 1 N–H and O–H groups in total. The van der Waals surface area contributed by atoms with Crippen molar-refractivity contribution in [3.8, 4) is 11.1 Å². The van der Waals surface area contributed by atoms with Crippen molar-refractivity contribution in [2.24, 2.45) is 5.92 Å². The molecule has 226 valence electrons. The van der Waals surface area contributed by atoms with Gasteiger partial charge in [0.1, 0.15) is 29.6 Å². The number of aryl methyl sites for hydroxylation is 1. The Kier molecular flexibility index (Phi) is 6.82. The molecule has 44 heavy (non-hydrogen) atoms. The number of fused-ring (bicyclic) bond motifs is 4. The molecule has 1 fully saturated rings. The van der Waals surface area contributed by atoms with Crippen molar-refractivity contribution in [1.82, 2.24) is 25.1 Å². The standard InChI is InChI=1S/C32H25F6N5O/c33-18-8-16(9-19(34)11-18)10-25(28-21(6-3-7-40-28)23-14-39-13-17-4-1-2-5-20(17)23)41-26(44)15-43-30-27(29(42-43)31(35)36)22-12-24(22)32(30,37)38/h2-3,5-9,11,13-14,22,24-25,31H,1,4,10,12,15H2,(H,41,44)/t22?,24?,25-/m0/s1. The van der Waals surface area contributed by atoms with Crippen molar-refractivity contribution < 1.29 is 31.1 Å². The number of nitrogens with zero attached hydrogens (tertiary/aromatic N) is 4. The van der Waals surface area contributed by atoms with Gasteiger partial charge in [-0.3, -0.25) is 19.4 Å². The molecular weight excluding hydrogens is 584 g/mol. The summed E-state index contributed by atoms with van der Waals surface area (Å²) in [4.78, 5) is 22.4. The van der Waals surface area contributed by atoms with Gasteiger partial charge >= 0.3 is 0 Å². The molecule has 3 aliphatic rings. The number of alkyl halides is 4. The van der Waals surface area contributed by atoms with E-state index in [1.54, 1.807) is 24.5 Å². The minimum absolute atomic E-state index is 0.0968. The van der Waals surface area contributed by atoms with Gasteiger partial charge in [0.15, 0.2) is 0 Å². The van der Waals surface area contributed by atoms with E-state index < -0.39 is 65.7 Å². The van der Waals surface area contributed by atoms with Crippen molar-refractivity contribution in [2.45, 2.75) is 56.5 Å². The zero-order valence-corrected chi connectivity index (χ0v) is 23.1. The first-order valence-corrected chi connectivity index (χ1v) is 14.2. The number of benzene rings is 1. The Morgan fingerprint density at radius 2 is 1.89 bits per heavy atom. The normalized spacial score (nSPS) is 19.8. The van der Waals surface area contributed by atoms with Crippen molar-refractivity contribution >= 4 is 12.0 Å². The fourth-order valence-electron chi connectivity index (χ4n) is 6.62. The summed E-state index contributed by atoms with van der Waals surface area (Å²) in [6.45, 7) is -0.759. The van der Waals surface area contributed by atoms with Crippen molar-refractivity contribution in [3.05, 3.63) is 106 Å². The number of carbonyl (C=O) groups excluding carboxylic acids is 1. The number of halogens is 6. The van der Waals surface area contributed by atoms with Gasteiger partial charge in [-0.2, -0.15) is 13.9 Å². The summed E-state index contributed by atoms with van der Waals surface area (Å²) in [6.07, 6.45) is 7.52. The number of amides is 1. The van der Waals surface area contributed by atoms with Gasteiger partial charge in [0.25, 0.3) is 12.3 Å². The summed E-state index contributed by atoms with van der Waals surface area (Å²) in [5.74, 6) is -7.60. The lowest BCUT2D eigenvalue weighted by Gasteiger charge is -2.23. The maximum absolute atomic E-state index is 15.1. The van der Waals surface area contributed by atoms with Crippen LogP contribution in [0.5, 0.6) is 0 Å². The molecule has 1 saturated carbocycles. The van der Waals surface area contributed by atoms with Gasteiger partial charge in [0.05, 0.1) is 11.7 Å². The smallest absolute Gasteiger partial charge is 0.293 e. The van der Waals surface area contributed by atoms with Crippen LogP contribution in [0.1, 0.15) is 70.6 Å². The van der Waals surface area contributed by atoms with E-state index in [1.807, 2.05) is 12.2 Å². The number of rotatable bonds is 8. The third kappa shape index (κ3) is 4.86. The molecule has 3 aromatic heterocycles. The number of pyridine rings is 2. The minimum Gasteiger partial charge on any atom is -0.346 e. The van der Waals surface area contributed by atoms with E-state index in [4.69, 9.17) is 0 Å². The number of nitrogens with one attached hydrogen (secondary N) is 1. The number of hydrogen-bond acceptors (Lipinski definition) is 4. The van der Waals surface area contributed by atoms with Gasteiger partial charge in [-0.05, 0) is 66.5 Å². The van der Waals surface area contributed by atoms with Gasteiger partial charge in [-0.15, -0.1) is 0 Å². The fourth-order valence-corrected chi connectivity index (χ4v) is 6.62. The fraction of sp³-hybridized carbons (Fsp3) is 0.312. The SMILES string of the molecule is O=C(Cn1nc(C(F)F)c2c1C(F)(F)C1CC21)N[C@@H](Cc1cc(F)cc(F)c1)c1ncccc1-c1cncc2c1C=CCC2. The molecule has 0 radical (unpaired) electrons. The first-order valence-electron chi connectivity index (χ1n) is 14.2. The second kappa shape index (κ2) is 10.6. The average Bonchev–Trinajstić information content (AvgIpc) is 3.64. The molecule has 0 aliphatic heterocycles. The minimum atomic E-state index is -3.39. The highest BCUT2D eigenvalue weighted by Crippen LogP contribution is 2.68. The highest BCUT2D eigenvalue weighted by molar-refractivity contribution is 5.80. The average molecular weight is 610 g/mol. The highest BCUT2D eigenvalue weighted by Gasteiger charge is 2.67. The lowest BCUT2D eigenvalue weighted by Crippen LogP contribution is -2.35. The number of allylic oxidation sites excluding steroid dienone is 1. The quantitative estimate of drug-likeness (QED) is 0.223. The maximum Gasteiger partial charge on any atom is 0.293 e. The summed E-state index contributed by atoms with van der Waals surface area (Å²) in [6, 6.07) is 5.48. The molecule has 6 nitrogen and oxygen atoms in total. The molecule has 3 atom stereocenters. The molecule has 1 aromatic carbocycles. The van der Waals surface area contributed by atoms with E-state index >= 15 is 8.78 Å². The number of carbonyl (C=O) groups is 1. The van der Waals surface area contributed by atoms with Gasteiger partial charge < -0.3 is 5.32 Å². The lowest BCUT2D eigenvalue weighted by molar-refractivity contribution is -0.123. The Hall–Kier alpha value is -4.48. The van der Waals surface area contributed by atoms with Crippen LogP contribution >= 0.6 is 0 Å². The van der Waals surface area contributed by atoms with Gasteiger partial charge in [0.2, 0.25) is 5.91 Å². The van der Waals surface area contributed by atoms with Crippen molar-refractivity contribution in [2.75, 3.05) is 0 Å². The lowest BCUT2D eigenvalue weighted by atomic mass is 9.89. The number of aromatic nitrogens is 4. The molecule has 0 saturated heterocycles. The third-order valence-electron chi connectivity index (χ3n) is 8.55. The second-order valence-corrected chi connectivity index (χ2v) is 11.4. The van der Waals surface area contributed by atoms with E-state index in [0.29, 0.717) is 15.9 Å². The van der Waals surface area contributed by atoms with E-state index in [0.717, 1.165) is 47.7 Å². The number of hydrogen-bond donors (Lipinski definition) is 1. The molecule has 12 heteroatoms. The summed E-state index contributed by atoms with van der Waals surface area (Å²) in [7, 11) is 0. The molecule has 2 unspecified atom stereocenters. The van der Waals surface area contributed by atoms with Crippen LogP contribution in [0.4, 0.5) is 26.3 Å². The largest absolute Gasteiger partial charge is 0.346 e. The molecule has 0 spiro atoms. The zero-order chi connectivity index (χ0) is 30.7. The van der Waals surface area contributed by atoms with Crippen LogP contribution in [0.15, 0.2) is 55.0 Å². The summed E-state index contributed by atoms with van der Waals surface area (Å²) < 4.78 is 86.8. The van der Waals surface area contributed by atoms with E-state index in [1.165, 1.54) is 6.20 Å².